The van der Waals surface area contributed by atoms with Crippen LogP contribution >= 0.6 is 23.2 Å². The van der Waals surface area contributed by atoms with Gasteiger partial charge >= 0.3 is 0 Å². The monoisotopic (exact) mass is 261 g/mol. The van der Waals surface area contributed by atoms with E-state index in [9.17, 15) is 0 Å². The van der Waals surface area contributed by atoms with Gasteiger partial charge in [0.25, 0.3) is 0 Å². The van der Waals surface area contributed by atoms with Crippen molar-refractivity contribution in [3.8, 4) is 0 Å². The number of hydrogen-bond acceptors (Lipinski definition) is 4. The summed E-state index contributed by atoms with van der Waals surface area (Å²) in [5.74, 6) is 0.751. The molecule has 1 aromatic heterocycles. The smallest absolute Gasteiger partial charge is 0.225 e. The first-order valence-corrected chi connectivity index (χ1v) is 6.04. The SMILES string of the molecule is OCCCN(c1cc(Cl)nc(Cl)n1)C1CC1. The molecule has 6 heteroatoms. The molecule has 1 aliphatic carbocycles. The van der Waals surface area contributed by atoms with Gasteiger partial charge in [0.2, 0.25) is 5.28 Å². The Morgan fingerprint density at radius 2 is 2.12 bits per heavy atom. The van der Waals surface area contributed by atoms with Crippen molar-refractivity contribution in [3.05, 3.63) is 16.5 Å². The molecule has 88 valence electrons. The molecule has 0 aromatic carbocycles. The zero-order valence-corrected chi connectivity index (χ0v) is 10.2. The Balaban J connectivity index is 2.16. The van der Waals surface area contributed by atoms with Crippen LogP contribution in [0.15, 0.2) is 6.07 Å². The lowest BCUT2D eigenvalue weighted by Crippen LogP contribution is -2.28. The number of aliphatic hydroxyl groups excluding tert-OH is 1. The summed E-state index contributed by atoms with van der Waals surface area (Å²) in [7, 11) is 0. The average Bonchev–Trinajstić information content (AvgIpc) is 3.01. The largest absolute Gasteiger partial charge is 0.396 e. The Bertz CT molecular complexity index is 351. The summed E-state index contributed by atoms with van der Waals surface area (Å²) in [5.41, 5.74) is 0. The minimum atomic E-state index is 0.164. The minimum absolute atomic E-state index is 0.164. The summed E-state index contributed by atoms with van der Waals surface area (Å²) in [6.07, 6.45) is 3.03. The number of anilines is 1. The van der Waals surface area contributed by atoms with E-state index in [1.54, 1.807) is 6.07 Å². The van der Waals surface area contributed by atoms with Gasteiger partial charge < -0.3 is 10.0 Å². The average molecular weight is 262 g/mol. The second-order valence-electron chi connectivity index (χ2n) is 3.82. The van der Waals surface area contributed by atoms with Crippen LogP contribution in [0.5, 0.6) is 0 Å². The van der Waals surface area contributed by atoms with E-state index < -0.39 is 0 Å². The number of hydrogen-bond donors (Lipinski definition) is 1. The molecule has 0 saturated heterocycles. The molecule has 0 bridgehead atoms. The van der Waals surface area contributed by atoms with Crippen molar-refractivity contribution in [1.82, 2.24) is 9.97 Å². The first-order chi connectivity index (χ1) is 7.70. The molecule has 1 N–H and O–H groups in total. The first-order valence-electron chi connectivity index (χ1n) is 5.28. The normalized spacial score (nSPS) is 15.2. The Labute approximate surface area is 104 Å². The molecule has 1 heterocycles. The maximum absolute atomic E-state index is 8.86. The minimum Gasteiger partial charge on any atom is -0.396 e. The first kappa shape index (κ1) is 11.9. The summed E-state index contributed by atoms with van der Waals surface area (Å²) in [6.45, 7) is 0.945. The Morgan fingerprint density at radius 1 is 1.38 bits per heavy atom. The molecular weight excluding hydrogens is 249 g/mol. The fraction of sp³-hybridized carbons (Fsp3) is 0.600. The van der Waals surface area contributed by atoms with E-state index in [0.29, 0.717) is 11.2 Å². The fourth-order valence-corrected chi connectivity index (χ4v) is 2.04. The van der Waals surface area contributed by atoms with Crippen LogP contribution in [-0.2, 0) is 0 Å². The van der Waals surface area contributed by atoms with Crippen molar-refractivity contribution >= 4 is 29.0 Å². The summed E-state index contributed by atoms with van der Waals surface area (Å²) in [6, 6.07) is 2.22. The highest BCUT2D eigenvalue weighted by atomic mass is 35.5. The van der Waals surface area contributed by atoms with Crippen molar-refractivity contribution in [1.29, 1.82) is 0 Å². The van der Waals surface area contributed by atoms with Crippen LogP contribution < -0.4 is 4.90 Å². The summed E-state index contributed by atoms with van der Waals surface area (Å²) < 4.78 is 0. The third-order valence-electron chi connectivity index (χ3n) is 2.49. The van der Waals surface area contributed by atoms with E-state index in [0.717, 1.165) is 31.6 Å². The van der Waals surface area contributed by atoms with Gasteiger partial charge in [0.1, 0.15) is 11.0 Å². The third kappa shape index (κ3) is 2.97. The predicted octanol–water partition coefficient (Wildman–Crippen LogP) is 2.13. The third-order valence-corrected chi connectivity index (χ3v) is 2.86. The molecule has 1 saturated carbocycles. The van der Waals surface area contributed by atoms with Crippen LogP contribution in [0.4, 0.5) is 5.82 Å². The molecule has 2 rings (SSSR count). The fourth-order valence-electron chi connectivity index (χ4n) is 1.64. The Hall–Kier alpha value is -0.580. The van der Waals surface area contributed by atoms with Crippen molar-refractivity contribution in [2.75, 3.05) is 18.1 Å². The molecule has 4 nitrogen and oxygen atoms in total. The number of rotatable bonds is 5. The van der Waals surface area contributed by atoms with E-state index >= 15 is 0 Å². The zero-order valence-electron chi connectivity index (χ0n) is 8.74. The molecular formula is C10H13Cl2N3O. The van der Waals surface area contributed by atoms with Crippen LogP contribution in [0.2, 0.25) is 10.4 Å². The van der Waals surface area contributed by atoms with Crippen molar-refractivity contribution in [3.63, 3.8) is 0 Å². The van der Waals surface area contributed by atoms with Gasteiger partial charge in [-0.25, -0.2) is 9.97 Å². The van der Waals surface area contributed by atoms with Gasteiger partial charge in [0.15, 0.2) is 0 Å². The standard InChI is InChI=1S/C10H13Cl2N3O/c11-8-6-9(14-10(12)13-8)15(4-1-5-16)7-2-3-7/h6-7,16H,1-5H2. The Morgan fingerprint density at radius 3 is 2.69 bits per heavy atom. The van der Waals surface area contributed by atoms with Gasteiger partial charge in [-0.2, -0.15) is 0 Å². The maximum Gasteiger partial charge on any atom is 0.225 e. The van der Waals surface area contributed by atoms with Gasteiger partial charge in [0.05, 0.1) is 0 Å². The molecule has 0 spiro atoms. The number of aliphatic hydroxyl groups is 1. The lowest BCUT2D eigenvalue weighted by atomic mass is 10.3. The lowest BCUT2D eigenvalue weighted by molar-refractivity contribution is 0.289. The number of halogens is 2. The molecule has 16 heavy (non-hydrogen) atoms. The van der Waals surface area contributed by atoms with E-state index in [1.807, 2.05) is 0 Å². The molecule has 1 aromatic rings. The van der Waals surface area contributed by atoms with Crippen molar-refractivity contribution < 1.29 is 5.11 Å². The number of aromatic nitrogens is 2. The topological polar surface area (TPSA) is 49.2 Å². The summed E-state index contributed by atoms with van der Waals surface area (Å²) >= 11 is 11.6. The van der Waals surface area contributed by atoms with Gasteiger partial charge in [0, 0.05) is 25.3 Å². The van der Waals surface area contributed by atoms with Crippen LogP contribution in [0.3, 0.4) is 0 Å². The predicted molar refractivity (Wildman–Crippen MR) is 64.1 cm³/mol. The van der Waals surface area contributed by atoms with Crippen LogP contribution in [-0.4, -0.2) is 34.3 Å². The van der Waals surface area contributed by atoms with Gasteiger partial charge in [-0.1, -0.05) is 11.6 Å². The highest BCUT2D eigenvalue weighted by Crippen LogP contribution is 2.31. The Kier molecular flexibility index (Phi) is 3.84. The van der Waals surface area contributed by atoms with Gasteiger partial charge in [-0.15, -0.1) is 0 Å². The quantitative estimate of drug-likeness (QED) is 0.652. The maximum atomic E-state index is 8.86. The summed E-state index contributed by atoms with van der Waals surface area (Å²) in [5, 5.41) is 9.38. The van der Waals surface area contributed by atoms with E-state index in [4.69, 9.17) is 28.3 Å². The van der Waals surface area contributed by atoms with Crippen LogP contribution in [0, 0.1) is 0 Å². The van der Waals surface area contributed by atoms with E-state index in [2.05, 4.69) is 14.9 Å². The molecule has 0 aliphatic heterocycles. The van der Waals surface area contributed by atoms with Crippen molar-refractivity contribution in [2.45, 2.75) is 25.3 Å². The van der Waals surface area contributed by atoms with Gasteiger partial charge in [-0.3, -0.25) is 0 Å². The van der Waals surface area contributed by atoms with Crippen LogP contribution in [0.1, 0.15) is 19.3 Å². The van der Waals surface area contributed by atoms with E-state index in [-0.39, 0.29) is 11.9 Å². The van der Waals surface area contributed by atoms with E-state index in [1.165, 1.54) is 0 Å². The molecule has 0 radical (unpaired) electrons. The molecule has 0 unspecified atom stereocenters. The lowest BCUT2D eigenvalue weighted by Gasteiger charge is -2.23. The summed E-state index contributed by atoms with van der Waals surface area (Å²) in [4.78, 5) is 10.1. The highest BCUT2D eigenvalue weighted by molar-refractivity contribution is 6.32. The second kappa shape index (κ2) is 5.17. The number of nitrogens with zero attached hydrogens (tertiary/aromatic N) is 3. The van der Waals surface area contributed by atoms with Crippen molar-refractivity contribution in [2.24, 2.45) is 0 Å². The molecule has 1 fully saturated rings. The zero-order chi connectivity index (χ0) is 11.5. The molecule has 0 amide bonds. The molecule has 1 aliphatic rings. The van der Waals surface area contributed by atoms with Gasteiger partial charge in [-0.05, 0) is 30.9 Å². The second-order valence-corrected chi connectivity index (χ2v) is 4.54. The highest BCUT2D eigenvalue weighted by Gasteiger charge is 2.30. The van der Waals surface area contributed by atoms with Crippen LogP contribution in [0.25, 0.3) is 0 Å². The molecule has 0 atom stereocenters.